The predicted octanol–water partition coefficient (Wildman–Crippen LogP) is 5.17. The number of carbonyl (C=O) groups excluding carboxylic acids is 3. The second kappa shape index (κ2) is 8.79. The molecular formula is C26H22N2O3. The first kappa shape index (κ1) is 20.3. The molecule has 2 amide bonds. The molecule has 0 radical (unpaired) electrons. The molecule has 31 heavy (non-hydrogen) atoms. The van der Waals surface area contributed by atoms with Crippen molar-refractivity contribution in [1.29, 1.82) is 0 Å². The summed E-state index contributed by atoms with van der Waals surface area (Å²) in [6.45, 7) is 1.33. The number of hydrogen-bond acceptors (Lipinski definition) is 3. The molecule has 0 aliphatic carbocycles. The van der Waals surface area contributed by atoms with Gasteiger partial charge < -0.3 is 10.6 Å². The Bertz CT molecular complexity index is 1290. The molecule has 1 atom stereocenters. The Labute approximate surface area is 180 Å². The summed E-state index contributed by atoms with van der Waals surface area (Å²) in [5.41, 5.74) is 1.27. The molecule has 0 saturated carbocycles. The van der Waals surface area contributed by atoms with Crippen molar-refractivity contribution in [3.63, 3.8) is 0 Å². The number of hydrogen-bond donors (Lipinski definition) is 2. The van der Waals surface area contributed by atoms with Crippen molar-refractivity contribution >= 4 is 50.5 Å². The van der Waals surface area contributed by atoms with Gasteiger partial charge in [-0.3, -0.25) is 14.4 Å². The fraction of sp³-hybridized carbons (Fsp3) is 0.115. The number of carbonyl (C=O) groups is 3. The summed E-state index contributed by atoms with van der Waals surface area (Å²) in [6.07, 6.45) is -0.227. The van der Waals surface area contributed by atoms with E-state index in [9.17, 15) is 14.4 Å². The summed E-state index contributed by atoms with van der Waals surface area (Å²) in [5.74, 6) is -2.30. The summed E-state index contributed by atoms with van der Waals surface area (Å²) in [5, 5.41) is 9.43. The summed E-state index contributed by atoms with van der Waals surface area (Å²) in [4.78, 5) is 37.8. The van der Waals surface area contributed by atoms with Crippen LogP contribution in [0.15, 0.2) is 84.9 Å². The molecule has 4 rings (SSSR count). The van der Waals surface area contributed by atoms with Gasteiger partial charge in [-0.05, 0) is 29.8 Å². The van der Waals surface area contributed by atoms with Crippen molar-refractivity contribution in [2.75, 3.05) is 10.6 Å². The SMILES string of the molecule is CC(=O)C(CC(=O)Nc1cccc2ccccc12)C(=O)Nc1cccc2ccccc12. The van der Waals surface area contributed by atoms with Gasteiger partial charge in [-0.25, -0.2) is 0 Å². The quantitative estimate of drug-likeness (QED) is 0.431. The molecule has 4 aromatic rings. The number of amides is 2. The van der Waals surface area contributed by atoms with E-state index in [0.717, 1.165) is 21.5 Å². The summed E-state index contributed by atoms with van der Waals surface area (Å²) >= 11 is 0. The highest BCUT2D eigenvalue weighted by Crippen LogP contribution is 2.25. The Morgan fingerprint density at radius 2 is 1.16 bits per heavy atom. The third-order valence-corrected chi connectivity index (χ3v) is 5.31. The molecular weight excluding hydrogens is 388 g/mol. The monoisotopic (exact) mass is 410 g/mol. The van der Waals surface area contributed by atoms with Crippen LogP contribution in [0.3, 0.4) is 0 Å². The van der Waals surface area contributed by atoms with Crippen LogP contribution in [0.4, 0.5) is 11.4 Å². The van der Waals surface area contributed by atoms with Crippen molar-refractivity contribution in [2.45, 2.75) is 13.3 Å². The molecule has 4 aromatic carbocycles. The smallest absolute Gasteiger partial charge is 0.235 e. The van der Waals surface area contributed by atoms with Gasteiger partial charge in [0.25, 0.3) is 0 Å². The third kappa shape index (κ3) is 4.46. The van der Waals surface area contributed by atoms with Crippen LogP contribution < -0.4 is 10.6 Å². The summed E-state index contributed by atoms with van der Waals surface area (Å²) in [6, 6.07) is 26.6. The van der Waals surface area contributed by atoms with Crippen molar-refractivity contribution in [1.82, 2.24) is 0 Å². The fourth-order valence-corrected chi connectivity index (χ4v) is 3.70. The maximum atomic E-state index is 12.9. The summed E-state index contributed by atoms with van der Waals surface area (Å²) < 4.78 is 0. The van der Waals surface area contributed by atoms with E-state index in [4.69, 9.17) is 0 Å². The van der Waals surface area contributed by atoms with Crippen molar-refractivity contribution in [2.24, 2.45) is 5.92 Å². The molecule has 0 spiro atoms. The van der Waals surface area contributed by atoms with Crippen molar-refractivity contribution < 1.29 is 14.4 Å². The second-order valence-corrected chi connectivity index (χ2v) is 7.46. The molecule has 1 unspecified atom stereocenters. The summed E-state index contributed by atoms with van der Waals surface area (Å²) in [7, 11) is 0. The van der Waals surface area contributed by atoms with Crippen LogP contribution in [-0.2, 0) is 14.4 Å². The van der Waals surface area contributed by atoms with E-state index in [-0.39, 0.29) is 18.1 Å². The molecule has 0 saturated heterocycles. The minimum absolute atomic E-state index is 0.227. The highest BCUT2D eigenvalue weighted by molar-refractivity contribution is 6.12. The van der Waals surface area contributed by atoms with Gasteiger partial charge in [0.15, 0.2) is 0 Å². The second-order valence-electron chi connectivity index (χ2n) is 7.46. The third-order valence-electron chi connectivity index (χ3n) is 5.31. The molecule has 0 aliphatic heterocycles. The standard InChI is InChI=1S/C26H22N2O3/c1-17(29)22(26(31)28-24-15-7-11-19-9-3-5-13-21(19)24)16-25(30)27-23-14-6-10-18-8-2-4-12-20(18)23/h2-15,22H,16H2,1H3,(H,27,30)(H,28,31). The number of benzene rings is 4. The maximum Gasteiger partial charge on any atom is 0.235 e. The number of nitrogens with one attached hydrogen (secondary N) is 2. The van der Waals surface area contributed by atoms with E-state index in [0.29, 0.717) is 11.4 Å². The molecule has 5 nitrogen and oxygen atoms in total. The van der Waals surface area contributed by atoms with Gasteiger partial charge in [-0.15, -0.1) is 0 Å². The lowest BCUT2D eigenvalue weighted by molar-refractivity contribution is -0.133. The molecule has 0 bridgehead atoms. The Hall–Kier alpha value is -3.99. The topological polar surface area (TPSA) is 75.3 Å². The number of ketones is 1. The lowest BCUT2D eigenvalue weighted by atomic mass is 9.98. The first-order valence-corrected chi connectivity index (χ1v) is 10.1. The molecule has 5 heteroatoms. The average molecular weight is 410 g/mol. The number of anilines is 2. The van der Waals surface area contributed by atoms with Crippen LogP contribution in [0.2, 0.25) is 0 Å². The fourth-order valence-electron chi connectivity index (χ4n) is 3.70. The zero-order chi connectivity index (χ0) is 21.8. The Morgan fingerprint density at radius 3 is 1.71 bits per heavy atom. The Balaban J connectivity index is 1.51. The van der Waals surface area contributed by atoms with Gasteiger partial charge in [-0.1, -0.05) is 72.8 Å². The van der Waals surface area contributed by atoms with Crippen LogP contribution >= 0.6 is 0 Å². The first-order valence-electron chi connectivity index (χ1n) is 10.1. The molecule has 154 valence electrons. The van der Waals surface area contributed by atoms with Crippen LogP contribution in [0.1, 0.15) is 13.3 Å². The van der Waals surface area contributed by atoms with E-state index < -0.39 is 11.8 Å². The highest BCUT2D eigenvalue weighted by Gasteiger charge is 2.27. The largest absolute Gasteiger partial charge is 0.325 e. The van der Waals surface area contributed by atoms with Gasteiger partial charge >= 0.3 is 0 Å². The van der Waals surface area contributed by atoms with E-state index in [1.807, 2.05) is 72.8 Å². The van der Waals surface area contributed by atoms with Crippen LogP contribution in [0, 0.1) is 5.92 Å². The average Bonchev–Trinajstić information content (AvgIpc) is 2.78. The molecule has 2 N–H and O–H groups in total. The first-order chi connectivity index (χ1) is 15.0. The highest BCUT2D eigenvalue weighted by atomic mass is 16.2. The van der Waals surface area contributed by atoms with Crippen LogP contribution in [0.25, 0.3) is 21.5 Å². The zero-order valence-electron chi connectivity index (χ0n) is 17.1. The molecule has 0 heterocycles. The normalized spacial score (nSPS) is 11.8. The van der Waals surface area contributed by atoms with Crippen molar-refractivity contribution in [3.8, 4) is 0 Å². The lowest BCUT2D eigenvalue weighted by Crippen LogP contribution is -2.32. The van der Waals surface area contributed by atoms with E-state index in [1.54, 1.807) is 12.1 Å². The van der Waals surface area contributed by atoms with Gasteiger partial charge in [0.1, 0.15) is 11.7 Å². The Kier molecular flexibility index (Phi) is 5.76. The molecule has 0 aromatic heterocycles. The van der Waals surface area contributed by atoms with Crippen molar-refractivity contribution in [3.05, 3.63) is 84.9 Å². The minimum Gasteiger partial charge on any atom is -0.325 e. The minimum atomic E-state index is -1.08. The Morgan fingerprint density at radius 1 is 0.677 bits per heavy atom. The van der Waals surface area contributed by atoms with E-state index in [1.165, 1.54) is 6.92 Å². The lowest BCUT2D eigenvalue weighted by Gasteiger charge is -2.16. The van der Waals surface area contributed by atoms with Gasteiger partial charge in [0.2, 0.25) is 11.8 Å². The zero-order valence-corrected chi connectivity index (χ0v) is 17.1. The maximum absolute atomic E-state index is 12.9. The van der Waals surface area contributed by atoms with Gasteiger partial charge in [-0.2, -0.15) is 0 Å². The van der Waals surface area contributed by atoms with Crippen LogP contribution in [-0.4, -0.2) is 17.6 Å². The van der Waals surface area contributed by atoms with Gasteiger partial charge in [0, 0.05) is 28.6 Å². The van der Waals surface area contributed by atoms with Gasteiger partial charge in [0.05, 0.1) is 0 Å². The number of Topliss-reactive ketones (excluding diaryl/α,β-unsaturated/α-hetero) is 1. The van der Waals surface area contributed by atoms with E-state index >= 15 is 0 Å². The predicted molar refractivity (Wildman–Crippen MR) is 124 cm³/mol. The van der Waals surface area contributed by atoms with Crippen LogP contribution in [0.5, 0.6) is 0 Å². The molecule has 0 aliphatic rings. The molecule has 0 fully saturated rings. The number of fused-ring (bicyclic) bond motifs is 2. The van der Waals surface area contributed by atoms with E-state index in [2.05, 4.69) is 10.6 Å². The number of rotatable bonds is 6.